The smallest absolute Gasteiger partial charge is 0.252 e. The summed E-state index contributed by atoms with van der Waals surface area (Å²) < 4.78 is 0. The predicted octanol–water partition coefficient (Wildman–Crippen LogP) is 2.08. The van der Waals surface area contributed by atoms with Crippen molar-refractivity contribution in [3.05, 3.63) is 64.8 Å². The number of anilines is 1. The molecular formula is C19H21N5O. The molecule has 1 aliphatic rings. The number of piperidine rings is 1. The molecule has 0 radical (unpaired) electrons. The van der Waals surface area contributed by atoms with Gasteiger partial charge >= 0.3 is 0 Å². The molecule has 6 heteroatoms. The largest absolute Gasteiger partial charge is 0.355 e. The molecule has 2 aromatic heterocycles. The number of para-hydroxylation sites is 1. The minimum absolute atomic E-state index is 0.0188. The zero-order valence-corrected chi connectivity index (χ0v) is 14.0. The van der Waals surface area contributed by atoms with Gasteiger partial charge in [0, 0.05) is 43.0 Å². The van der Waals surface area contributed by atoms with Gasteiger partial charge in [-0.2, -0.15) is 0 Å². The van der Waals surface area contributed by atoms with Crippen molar-refractivity contribution in [2.24, 2.45) is 0 Å². The highest BCUT2D eigenvalue weighted by Gasteiger charge is 2.20. The van der Waals surface area contributed by atoms with Crippen molar-refractivity contribution in [1.29, 1.82) is 0 Å². The van der Waals surface area contributed by atoms with E-state index in [1.807, 2.05) is 36.4 Å². The van der Waals surface area contributed by atoms with Gasteiger partial charge in [0.25, 0.3) is 5.56 Å². The number of H-pyrrole nitrogens is 1. The van der Waals surface area contributed by atoms with E-state index in [-0.39, 0.29) is 5.56 Å². The summed E-state index contributed by atoms with van der Waals surface area (Å²) in [5.41, 5.74) is 1.64. The van der Waals surface area contributed by atoms with Crippen molar-refractivity contribution in [3.63, 3.8) is 0 Å². The fourth-order valence-corrected chi connectivity index (χ4v) is 3.40. The van der Waals surface area contributed by atoms with Crippen LogP contribution in [0.25, 0.3) is 10.9 Å². The summed E-state index contributed by atoms with van der Waals surface area (Å²) in [7, 11) is 0. The first kappa shape index (κ1) is 15.8. The van der Waals surface area contributed by atoms with Gasteiger partial charge in [0.05, 0.1) is 0 Å². The summed E-state index contributed by atoms with van der Waals surface area (Å²) in [4.78, 5) is 25.8. The summed E-state index contributed by atoms with van der Waals surface area (Å²) in [5.74, 6) is 0.963. The first-order chi connectivity index (χ1) is 12.3. The molecule has 1 aromatic carbocycles. The van der Waals surface area contributed by atoms with Crippen molar-refractivity contribution in [3.8, 4) is 0 Å². The molecule has 4 rings (SSSR count). The Hall–Kier alpha value is -2.73. The van der Waals surface area contributed by atoms with Crippen molar-refractivity contribution in [2.45, 2.75) is 25.4 Å². The van der Waals surface area contributed by atoms with E-state index >= 15 is 0 Å². The lowest BCUT2D eigenvalue weighted by molar-refractivity contribution is 0.419. The van der Waals surface area contributed by atoms with Crippen LogP contribution in [0.5, 0.6) is 0 Å². The van der Waals surface area contributed by atoms with Crippen molar-refractivity contribution in [1.82, 2.24) is 20.3 Å². The molecule has 0 aliphatic carbocycles. The normalized spacial score (nSPS) is 17.8. The first-order valence-corrected chi connectivity index (χ1v) is 8.65. The molecule has 1 unspecified atom stereocenters. The number of nitrogens with zero attached hydrogens (tertiary/aromatic N) is 3. The van der Waals surface area contributed by atoms with E-state index in [0.29, 0.717) is 12.6 Å². The molecule has 25 heavy (non-hydrogen) atoms. The van der Waals surface area contributed by atoms with E-state index in [9.17, 15) is 4.79 Å². The Bertz CT molecular complexity index is 908. The number of hydrogen-bond acceptors (Lipinski definition) is 5. The number of rotatable bonds is 4. The van der Waals surface area contributed by atoms with E-state index < -0.39 is 0 Å². The maximum atomic E-state index is 12.3. The highest BCUT2D eigenvalue weighted by molar-refractivity contribution is 5.78. The van der Waals surface area contributed by atoms with Gasteiger partial charge in [-0.1, -0.05) is 18.2 Å². The van der Waals surface area contributed by atoms with Crippen LogP contribution in [0.15, 0.2) is 53.7 Å². The average molecular weight is 335 g/mol. The van der Waals surface area contributed by atoms with E-state index in [0.717, 1.165) is 48.2 Å². The van der Waals surface area contributed by atoms with Crippen LogP contribution in [0.3, 0.4) is 0 Å². The molecule has 0 spiro atoms. The summed E-state index contributed by atoms with van der Waals surface area (Å²) in [6.07, 6.45) is 5.57. The molecular weight excluding hydrogens is 314 g/mol. The summed E-state index contributed by atoms with van der Waals surface area (Å²) >= 11 is 0. The third kappa shape index (κ3) is 3.53. The zero-order chi connectivity index (χ0) is 17.1. The SMILES string of the molecule is O=c1[nH]c2ccccc2cc1CNC1CCCN(c2ccncn2)C1. The second-order valence-corrected chi connectivity index (χ2v) is 6.44. The summed E-state index contributed by atoms with van der Waals surface area (Å²) in [5, 5.41) is 4.60. The molecule has 1 fully saturated rings. The van der Waals surface area contributed by atoms with Crippen LogP contribution in [0.1, 0.15) is 18.4 Å². The quantitative estimate of drug-likeness (QED) is 0.764. The number of pyridine rings is 1. The fraction of sp³-hybridized carbons (Fsp3) is 0.316. The topological polar surface area (TPSA) is 73.9 Å². The van der Waals surface area contributed by atoms with Crippen molar-refractivity contribution < 1.29 is 0 Å². The Morgan fingerprint density at radius 1 is 1.28 bits per heavy atom. The van der Waals surface area contributed by atoms with Crippen LogP contribution in [0.4, 0.5) is 5.82 Å². The maximum Gasteiger partial charge on any atom is 0.252 e. The predicted molar refractivity (Wildman–Crippen MR) is 98.7 cm³/mol. The molecule has 3 heterocycles. The third-order valence-corrected chi connectivity index (χ3v) is 4.72. The molecule has 0 saturated carbocycles. The van der Waals surface area contributed by atoms with Gasteiger partial charge in [0.1, 0.15) is 12.1 Å². The fourth-order valence-electron chi connectivity index (χ4n) is 3.40. The van der Waals surface area contributed by atoms with Crippen LogP contribution >= 0.6 is 0 Å². The van der Waals surface area contributed by atoms with Gasteiger partial charge < -0.3 is 15.2 Å². The van der Waals surface area contributed by atoms with Gasteiger partial charge in [0.2, 0.25) is 0 Å². The summed E-state index contributed by atoms with van der Waals surface area (Å²) in [6, 6.07) is 12.1. The second-order valence-electron chi connectivity index (χ2n) is 6.44. The van der Waals surface area contributed by atoms with Gasteiger partial charge in [-0.05, 0) is 36.4 Å². The molecule has 6 nitrogen and oxygen atoms in total. The minimum atomic E-state index is -0.0188. The monoisotopic (exact) mass is 335 g/mol. The summed E-state index contributed by atoms with van der Waals surface area (Å²) in [6.45, 7) is 2.47. The Morgan fingerprint density at radius 2 is 2.20 bits per heavy atom. The van der Waals surface area contributed by atoms with Gasteiger partial charge in [-0.3, -0.25) is 4.79 Å². The Kier molecular flexibility index (Phi) is 4.43. The van der Waals surface area contributed by atoms with E-state index in [1.54, 1.807) is 12.5 Å². The number of aromatic amines is 1. The van der Waals surface area contributed by atoms with Gasteiger partial charge in [-0.25, -0.2) is 9.97 Å². The average Bonchev–Trinajstić information content (AvgIpc) is 2.67. The maximum absolute atomic E-state index is 12.3. The lowest BCUT2D eigenvalue weighted by atomic mass is 10.1. The molecule has 2 N–H and O–H groups in total. The lowest BCUT2D eigenvalue weighted by Gasteiger charge is -2.34. The van der Waals surface area contributed by atoms with Crippen molar-refractivity contribution >= 4 is 16.7 Å². The van der Waals surface area contributed by atoms with E-state index in [2.05, 4.69) is 25.2 Å². The number of aromatic nitrogens is 3. The highest BCUT2D eigenvalue weighted by Crippen LogP contribution is 2.17. The number of nitrogens with one attached hydrogen (secondary N) is 2. The Balaban J connectivity index is 1.44. The van der Waals surface area contributed by atoms with Gasteiger partial charge in [-0.15, -0.1) is 0 Å². The highest BCUT2D eigenvalue weighted by atomic mass is 16.1. The van der Waals surface area contributed by atoms with Crippen LogP contribution < -0.4 is 15.8 Å². The van der Waals surface area contributed by atoms with E-state index in [1.165, 1.54) is 0 Å². The minimum Gasteiger partial charge on any atom is -0.355 e. The zero-order valence-electron chi connectivity index (χ0n) is 14.0. The molecule has 0 bridgehead atoms. The molecule has 1 saturated heterocycles. The van der Waals surface area contributed by atoms with Crippen LogP contribution in [0, 0.1) is 0 Å². The lowest BCUT2D eigenvalue weighted by Crippen LogP contribution is -2.46. The number of benzene rings is 1. The third-order valence-electron chi connectivity index (χ3n) is 4.72. The molecule has 128 valence electrons. The first-order valence-electron chi connectivity index (χ1n) is 8.65. The second kappa shape index (κ2) is 7.03. The molecule has 3 aromatic rings. The number of fused-ring (bicyclic) bond motifs is 1. The van der Waals surface area contributed by atoms with Crippen LogP contribution in [-0.2, 0) is 6.54 Å². The molecule has 0 amide bonds. The Labute approximate surface area is 145 Å². The Morgan fingerprint density at radius 3 is 3.08 bits per heavy atom. The standard InChI is InChI=1S/C19H21N5O/c25-19-15(10-14-4-1-2-6-17(14)23-19)11-21-16-5-3-9-24(12-16)18-7-8-20-13-22-18/h1-2,4,6-8,10,13,16,21H,3,5,9,11-12H2,(H,23,25). The van der Waals surface area contributed by atoms with Crippen LogP contribution in [0.2, 0.25) is 0 Å². The molecule has 1 aliphatic heterocycles. The van der Waals surface area contributed by atoms with Gasteiger partial charge in [0.15, 0.2) is 0 Å². The van der Waals surface area contributed by atoms with Crippen LogP contribution in [-0.4, -0.2) is 34.1 Å². The van der Waals surface area contributed by atoms with Crippen molar-refractivity contribution in [2.75, 3.05) is 18.0 Å². The number of hydrogen-bond donors (Lipinski definition) is 2. The molecule has 1 atom stereocenters. The van der Waals surface area contributed by atoms with E-state index in [4.69, 9.17) is 0 Å².